The summed E-state index contributed by atoms with van der Waals surface area (Å²) in [6.45, 7) is 1.85. The smallest absolute Gasteiger partial charge is 0.0221 e. The second-order valence-electron chi connectivity index (χ2n) is 2.53. The van der Waals surface area contributed by atoms with Crippen molar-refractivity contribution in [3.8, 4) is 0 Å². The van der Waals surface area contributed by atoms with E-state index in [1.165, 1.54) is 0 Å². The third-order valence-electron chi connectivity index (χ3n) is 1.59. The molecule has 0 spiro atoms. The maximum absolute atomic E-state index is 5.38. The minimum atomic E-state index is 0.791. The fraction of sp³-hybridized carbons (Fsp3) is 0.500. The molecule has 0 aliphatic carbocycles. The zero-order chi connectivity index (χ0) is 7.94. The van der Waals surface area contributed by atoms with Gasteiger partial charge in [-0.15, -0.1) is 0 Å². The molecule has 0 aromatic rings. The predicted octanol–water partition coefficient (Wildman–Crippen LogP) is 0.573. The molecule has 0 radical (unpaired) electrons. The number of unbranched alkanes of at least 4 members (excludes halogenated alkanes) is 1. The molecule has 0 fully saturated rings. The van der Waals surface area contributed by atoms with Crippen LogP contribution in [0.4, 0.5) is 0 Å². The minimum Gasteiger partial charge on any atom is -0.365 e. The highest BCUT2D eigenvalue weighted by Gasteiger charge is 1.95. The lowest BCUT2D eigenvalue weighted by atomic mass is 10.3. The highest BCUT2D eigenvalue weighted by molar-refractivity contribution is 4.98. The zero-order valence-corrected chi connectivity index (χ0v) is 6.66. The van der Waals surface area contributed by atoms with Crippen LogP contribution in [0.3, 0.4) is 0 Å². The molecule has 3 heteroatoms. The van der Waals surface area contributed by atoms with E-state index >= 15 is 0 Å². The largest absolute Gasteiger partial charge is 0.365 e. The predicted molar refractivity (Wildman–Crippen MR) is 46.4 cm³/mol. The second kappa shape index (κ2) is 4.79. The normalized spacial score (nSPS) is 15.2. The molecule has 1 heterocycles. The highest BCUT2D eigenvalue weighted by Crippen LogP contribution is 1.98. The number of hydrogen-bond donors (Lipinski definition) is 2. The topological polar surface area (TPSA) is 41.3 Å². The molecule has 0 bridgehead atoms. The van der Waals surface area contributed by atoms with Gasteiger partial charge in [-0.2, -0.15) is 0 Å². The van der Waals surface area contributed by atoms with Crippen LogP contribution in [-0.2, 0) is 0 Å². The van der Waals surface area contributed by atoms with E-state index in [1.807, 2.05) is 24.8 Å². The lowest BCUT2D eigenvalue weighted by Gasteiger charge is -2.17. The van der Waals surface area contributed by atoms with E-state index in [-0.39, 0.29) is 0 Å². The van der Waals surface area contributed by atoms with Crippen LogP contribution < -0.4 is 11.1 Å². The molecule has 3 nitrogen and oxygen atoms in total. The Hall–Kier alpha value is -0.960. The summed E-state index contributed by atoms with van der Waals surface area (Å²) >= 11 is 0. The summed E-state index contributed by atoms with van der Waals surface area (Å²) in [7, 11) is 0. The summed E-state index contributed by atoms with van der Waals surface area (Å²) in [6, 6.07) is 0. The van der Waals surface area contributed by atoms with Gasteiger partial charge in [-0.3, -0.25) is 0 Å². The Morgan fingerprint density at radius 2 is 1.91 bits per heavy atom. The summed E-state index contributed by atoms with van der Waals surface area (Å²) in [6.07, 6.45) is 10.1. The standard InChI is InChI=1S/C8H15N3/c9-3-1-2-6-11-7-4-10-5-8-11/h4-5,7-8,10H,1-3,6,9H2. The summed E-state index contributed by atoms with van der Waals surface area (Å²) < 4.78 is 0. The summed E-state index contributed by atoms with van der Waals surface area (Å²) in [5, 5.41) is 2.98. The molecule has 1 aliphatic rings. The molecule has 1 rings (SSSR count). The van der Waals surface area contributed by atoms with Gasteiger partial charge in [-0.05, 0) is 19.4 Å². The monoisotopic (exact) mass is 153 g/mol. The van der Waals surface area contributed by atoms with Crippen LogP contribution in [0.25, 0.3) is 0 Å². The fourth-order valence-electron chi connectivity index (χ4n) is 0.971. The van der Waals surface area contributed by atoms with Crippen molar-refractivity contribution >= 4 is 0 Å². The van der Waals surface area contributed by atoms with Crippen LogP contribution in [0.1, 0.15) is 12.8 Å². The number of nitrogens with two attached hydrogens (primary N) is 1. The first kappa shape index (κ1) is 8.14. The van der Waals surface area contributed by atoms with Gasteiger partial charge in [0.15, 0.2) is 0 Å². The molecule has 1 aliphatic heterocycles. The van der Waals surface area contributed by atoms with Crippen molar-refractivity contribution in [2.45, 2.75) is 12.8 Å². The molecule has 0 saturated heterocycles. The van der Waals surface area contributed by atoms with E-state index in [0.717, 1.165) is 25.9 Å². The van der Waals surface area contributed by atoms with Crippen molar-refractivity contribution in [3.63, 3.8) is 0 Å². The number of hydrogen-bond acceptors (Lipinski definition) is 3. The third-order valence-corrected chi connectivity index (χ3v) is 1.59. The number of nitrogens with zero attached hydrogens (tertiary/aromatic N) is 1. The Labute approximate surface area is 67.6 Å². The first-order valence-electron chi connectivity index (χ1n) is 3.98. The van der Waals surface area contributed by atoms with Gasteiger partial charge in [0.05, 0.1) is 0 Å². The van der Waals surface area contributed by atoms with E-state index in [1.54, 1.807) is 0 Å². The number of rotatable bonds is 4. The number of nitrogens with one attached hydrogen (secondary N) is 1. The van der Waals surface area contributed by atoms with Crippen molar-refractivity contribution in [2.75, 3.05) is 13.1 Å². The van der Waals surface area contributed by atoms with E-state index < -0.39 is 0 Å². The van der Waals surface area contributed by atoms with Crippen molar-refractivity contribution in [1.82, 2.24) is 10.2 Å². The average molecular weight is 153 g/mol. The zero-order valence-electron chi connectivity index (χ0n) is 6.66. The van der Waals surface area contributed by atoms with E-state index in [4.69, 9.17) is 5.73 Å². The molecule has 0 aromatic heterocycles. The van der Waals surface area contributed by atoms with Gasteiger partial charge in [0.1, 0.15) is 0 Å². The fourth-order valence-corrected chi connectivity index (χ4v) is 0.971. The maximum atomic E-state index is 5.38. The van der Waals surface area contributed by atoms with Crippen molar-refractivity contribution in [2.24, 2.45) is 5.73 Å². The van der Waals surface area contributed by atoms with Crippen LogP contribution in [0.2, 0.25) is 0 Å². The van der Waals surface area contributed by atoms with Crippen molar-refractivity contribution < 1.29 is 0 Å². The van der Waals surface area contributed by atoms with Crippen molar-refractivity contribution in [1.29, 1.82) is 0 Å². The molecule has 0 atom stereocenters. The van der Waals surface area contributed by atoms with Gasteiger partial charge in [0.2, 0.25) is 0 Å². The van der Waals surface area contributed by atoms with E-state index in [2.05, 4.69) is 10.2 Å². The molecule has 0 saturated carbocycles. The molecule has 62 valence electrons. The van der Waals surface area contributed by atoms with E-state index in [0.29, 0.717) is 0 Å². The summed E-state index contributed by atoms with van der Waals surface area (Å²) in [5.41, 5.74) is 5.38. The molecule has 0 aromatic carbocycles. The van der Waals surface area contributed by atoms with Crippen LogP contribution >= 0.6 is 0 Å². The Bertz CT molecular complexity index is 139. The molecule has 3 N–H and O–H groups in total. The Morgan fingerprint density at radius 3 is 2.55 bits per heavy atom. The second-order valence-corrected chi connectivity index (χ2v) is 2.53. The SMILES string of the molecule is NCCCCN1C=CNC=C1. The Balaban J connectivity index is 2.10. The molecule has 11 heavy (non-hydrogen) atoms. The van der Waals surface area contributed by atoms with Gasteiger partial charge < -0.3 is 16.0 Å². The van der Waals surface area contributed by atoms with Crippen LogP contribution in [0.5, 0.6) is 0 Å². The summed E-state index contributed by atoms with van der Waals surface area (Å²) in [5.74, 6) is 0. The first-order valence-corrected chi connectivity index (χ1v) is 3.98. The third kappa shape index (κ3) is 3.09. The Morgan fingerprint density at radius 1 is 1.18 bits per heavy atom. The average Bonchev–Trinajstić information content (AvgIpc) is 2.07. The first-order chi connectivity index (χ1) is 5.43. The maximum Gasteiger partial charge on any atom is 0.0221 e. The summed E-state index contributed by atoms with van der Waals surface area (Å²) in [4.78, 5) is 2.14. The van der Waals surface area contributed by atoms with Crippen LogP contribution in [0, 0.1) is 0 Å². The minimum absolute atomic E-state index is 0.791. The quantitative estimate of drug-likeness (QED) is 0.580. The molecular formula is C8H15N3. The van der Waals surface area contributed by atoms with Gasteiger partial charge in [-0.25, -0.2) is 0 Å². The van der Waals surface area contributed by atoms with Crippen LogP contribution in [-0.4, -0.2) is 18.0 Å². The van der Waals surface area contributed by atoms with E-state index in [9.17, 15) is 0 Å². The Kier molecular flexibility index (Phi) is 3.55. The van der Waals surface area contributed by atoms with Gasteiger partial charge >= 0.3 is 0 Å². The van der Waals surface area contributed by atoms with Crippen LogP contribution in [0.15, 0.2) is 24.8 Å². The van der Waals surface area contributed by atoms with Gasteiger partial charge in [-0.1, -0.05) is 0 Å². The highest BCUT2D eigenvalue weighted by atomic mass is 15.1. The lowest BCUT2D eigenvalue weighted by molar-refractivity contribution is 0.470. The molecular weight excluding hydrogens is 138 g/mol. The van der Waals surface area contributed by atoms with Gasteiger partial charge in [0, 0.05) is 31.3 Å². The van der Waals surface area contributed by atoms with Crippen molar-refractivity contribution in [3.05, 3.63) is 24.8 Å². The lowest BCUT2D eigenvalue weighted by Crippen LogP contribution is -2.17. The molecule has 0 unspecified atom stereocenters. The van der Waals surface area contributed by atoms with Gasteiger partial charge in [0.25, 0.3) is 0 Å². The molecule has 0 amide bonds.